The summed E-state index contributed by atoms with van der Waals surface area (Å²) in [5, 5.41) is 0. The average Bonchev–Trinajstić information content (AvgIpc) is 2.28. The number of hydrogen-bond acceptors (Lipinski definition) is 1. The van der Waals surface area contributed by atoms with Gasteiger partial charge in [-0.1, -0.05) is 30.3 Å². The van der Waals surface area contributed by atoms with Gasteiger partial charge in [0.15, 0.2) is 0 Å². The fourth-order valence-electron chi connectivity index (χ4n) is 1.31. The van der Waals surface area contributed by atoms with Crippen molar-refractivity contribution in [3.8, 4) is 0 Å². The highest BCUT2D eigenvalue weighted by molar-refractivity contribution is 14.1. The van der Waals surface area contributed by atoms with Gasteiger partial charge in [-0.15, -0.1) is 11.8 Å². The molecular weight excluding hydrogens is 315 g/mol. The van der Waals surface area contributed by atoms with Gasteiger partial charge in [-0.05, 0) is 52.4 Å². The summed E-state index contributed by atoms with van der Waals surface area (Å²) in [4.78, 5) is 1.33. The molecule has 76 valence electrons. The second-order valence-corrected chi connectivity index (χ2v) is 5.53. The zero-order valence-electron chi connectivity index (χ0n) is 8.19. The van der Waals surface area contributed by atoms with Gasteiger partial charge in [0.25, 0.3) is 0 Å². The maximum Gasteiger partial charge on any atom is 0.0232 e. The van der Waals surface area contributed by atoms with Gasteiger partial charge < -0.3 is 0 Å². The predicted octanol–water partition coefficient (Wildman–Crippen LogP) is 4.58. The first-order valence-electron chi connectivity index (χ1n) is 4.77. The van der Waals surface area contributed by atoms with Gasteiger partial charge in [-0.25, -0.2) is 0 Å². The van der Waals surface area contributed by atoms with Crippen LogP contribution in [-0.4, -0.2) is 0 Å². The van der Waals surface area contributed by atoms with Crippen molar-refractivity contribution in [2.75, 3.05) is 0 Å². The Hall–Kier alpha value is -0.480. The first kappa shape index (κ1) is 11.0. The molecule has 0 aliphatic rings. The third kappa shape index (κ3) is 3.54. The molecule has 15 heavy (non-hydrogen) atoms. The minimum absolute atomic E-state index is 1.04. The van der Waals surface area contributed by atoms with E-state index in [0.717, 1.165) is 5.75 Å². The monoisotopic (exact) mass is 326 g/mol. The van der Waals surface area contributed by atoms with Gasteiger partial charge in [0, 0.05) is 14.2 Å². The number of halogens is 1. The van der Waals surface area contributed by atoms with Crippen molar-refractivity contribution < 1.29 is 0 Å². The van der Waals surface area contributed by atoms with Crippen molar-refractivity contribution in [3.05, 3.63) is 63.7 Å². The highest BCUT2D eigenvalue weighted by atomic mass is 127. The first-order chi connectivity index (χ1) is 7.34. The van der Waals surface area contributed by atoms with Gasteiger partial charge in [0.05, 0.1) is 0 Å². The molecule has 0 bridgehead atoms. The van der Waals surface area contributed by atoms with E-state index >= 15 is 0 Å². The average molecular weight is 326 g/mol. The van der Waals surface area contributed by atoms with E-state index in [-0.39, 0.29) is 0 Å². The Labute approximate surface area is 108 Å². The molecule has 2 heteroatoms. The van der Waals surface area contributed by atoms with Gasteiger partial charge in [0.2, 0.25) is 0 Å². The predicted molar refractivity (Wildman–Crippen MR) is 75.2 cm³/mol. The normalized spacial score (nSPS) is 10.2. The Morgan fingerprint density at radius 1 is 0.933 bits per heavy atom. The van der Waals surface area contributed by atoms with E-state index in [0.29, 0.717) is 0 Å². The molecule has 2 aromatic rings. The maximum absolute atomic E-state index is 2.35. The molecule has 0 spiro atoms. The summed E-state index contributed by atoms with van der Waals surface area (Å²) in [5.41, 5.74) is 1.38. The molecule has 0 heterocycles. The van der Waals surface area contributed by atoms with E-state index in [1.54, 1.807) is 0 Å². The SMILES string of the molecule is Ic1cccc(CSc2ccccc2)c1. The molecule has 0 fully saturated rings. The van der Waals surface area contributed by atoms with Crippen LogP contribution in [0.5, 0.6) is 0 Å². The molecule has 0 saturated heterocycles. The summed E-state index contributed by atoms with van der Waals surface area (Å²) < 4.78 is 1.30. The smallest absolute Gasteiger partial charge is 0.0232 e. The highest BCUT2D eigenvalue weighted by Crippen LogP contribution is 2.22. The molecule has 0 N–H and O–H groups in total. The summed E-state index contributed by atoms with van der Waals surface area (Å²) in [7, 11) is 0. The summed E-state index contributed by atoms with van der Waals surface area (Å²) in [6, 6.07) is 19.2. The lowest BCUT2D eigenvalue weighted by molar-refractivity contribution is 1.37. The second-order valence-electron chi connectivity index (χ2n) is 3.23. The van der Waals surface area contributed by atoms with Crippen molar-refractivity contribution in [2.45, 2.75) is 10.6 Å². The second kappa shape index (κ2) is 5.56. The van der Waals surface area contributed by atoms with Crippen LogP contribution in [0, 0.1) is 3.57 Å². The zero-order chi connectivity index (χ0) is 10.5. The lowest BCUT2D eigenvalue weighted by atomic mass is 10.2. The van der Waals surface area contributed by atoms with Crippen LogP contribution in [0.4, 0.5) is 0 Å². The van der Waals surface area contributed by atoms with Gasteiger partial charge in [-0.3, -0.25) is 0 Å². The van der Waals surface area contributed by atoms with Crippen LogP contribution in [0.1, 0.15) is 5.56 Å². The van der Waals surface area contributed by atoms with Gasteiger partial charge >= 0.3 is 0 Å². The number of thioether (sulfide) groups is 1. The summed E-state index contributed by atoms with van der Waals surface area (Å²) in [6.07, 6.45) is 0. The van der Waals surface area contributed by atoms with E-state index in [2.05, 4.69) is 77.2 Å². The van der Waals surface area contributed by atoms with Crippen molar-refractivity contribution in [2.24, 2.45) is 0 Å². The van der Waals surface area contributed by atoms with E-state index in [1.807, 2.05) is 11.8 Å². The Kier molecular flexibility index (Phi) is 4.09. The van der Waals surface area contributed by atoms with Crippen LogP contribution in [0.2, 0.25) is 0 Å². The van der Waals surface area contributed by atoms with Gasteiger partial charge in [0.1, 0.15) is 0 Å². The zero-order valence-corrected chi connectivity index (χ0v) is 11.2. The molecule has 0 aliphatic heterocycles. The van der Waals surface area contributed by atoms with Crippen molar-refractivity contribution in [3.63, 3.8) is 0 Å². The quantitative estimate of drug-likeness (QED) is 0.587. The molecule has 0 atom stereocenters. The third-order valence-electron chi connectivity index (χ3n) is 2.04. The van der Waals surface area contributed by atoms with Crippen LogP contribution in [0.15, 0.2) is 59.5 Å². The molecule has 0 aliphatic carbocycles. The topological polar surface area (TPSA) is 0 Å². The Bertz CT molecular complexity index is 426. The van der Waals surface area contributed by atoms with E-state index in [9.17, 15) is 0 Å². The maximum atomic E-state index is 2.35. The molecule has 0 aromatic heterocycles. The Morgan fingerprint density at radius 3 is 2.47 bits per heavy atom. The third-order valence-corrected chi connectivity index (χ3v) is 3.79. The molecule has 2 aromatic carbocycles. The molecule has 0 unspecified atom stereocenters. The molecular formula is C13H11IS. The van der Waals surface area contributed by atoms with E-state index < -0.39 is 0 Å². The van der Waals surface area contributed by atoms with Crippen LogP contribution < -0.4 is 0 Å². The minimum Gasteiger partial charge on any atom is -0.121 e. The molecule has 0 radical (unpaired) electrons. The van der Waals surface area contributed by atoms with Crippen molar-refractivity contribution in [1.82, 2.24) is 0 Å². The van der Waals surface area contributed by atoms with E-state index in [1.165, 1.54) is 14.0 Å². The minimum atomic E-state index is 1.04. The number of rotatable bonds is 3. The van der Waals surface area contributed by atoms with Crippen molar-refractivity contribution in [1.29, 1.82) is 0 Å². The molecule has 2 rings (SSSR count). The lowest BCUT2D eigenvalue weighted by Crippen LogP contribution is -1.81. The van der Waals surface area contributed by atoms with Crippen LogP contribution >= 0.6 is 34.4 Å². The standard InChI is InChI=1S/C13H11IS/c14-12-6-4-5-11(9-12)10-15-13-7-2-1-3-8-13/h1-9H,10H2. The Balaban J connectivity index is 1.99. The summed E-state index contributed by atoms with van der Waals surface area (Å²) in [6.45, 7) is 0. The molecule has 0 nitrogen and oxygen atoms in total. The molecule has 0 amide bonds. The van der Waals surface area contributed by atoms with Crippen LogP contribution in [0.25, 0.3) is 0 Å². The summed E-state index contributed by atoms with van der Waals surface area (Å²) >= 11 is 4.23. The van der Waals surface area contributed by atoms with Crippen LogP contribution in [0.3, 0.4) is 0 Å². The fraction of sp³-hybridized carbons (Fsp3) is 0.0769. The molecule has 0 saturated carbocycles. The highest BCUT2D eigenvalue weighted by Gasteiger charge is 1.96. The Morgan fingerprint density at radius 2 is 1.73 bits per heavy atom. The number of hydrogen-bond donors (Lipinski definition) is 0. The fourth-order valence-corrected chi connectivity index (χ4v) is 2.78. The lowest BCUT2D eigenvalue weighted by Gasteiger charge is -2.02. The number of benzene rings is 2. The summed E-state index contributed by atoms with van der Waals surface area (Å²) in [5.74, 6) is 1.04. The largest absolute Gasteiger partial charge is 0.121 e. The van der Waals surface area contributed by atoms with E-state index in [4.69, 9.17) is 0 Å². The van der Waals surface area contributed by atoms with Gasteiger partial charge in [-0.2, -0.15) is 0 Å². The van der Waals surface area contributed by atoms with Crippen LogP contribution in [-0.2, 0) is 5.75 Å². The first-order valence-corrected chi connectivity index (χ1v) is 6.83. The van der Waals surface area contributed by atoms with Crippen molar-refractivity contribution >= 4 is 34.4 Å².